The lowest BCUT2D eigenvalue weighted by Crippen LogP contribution is -2.52. The SMILES string of the molecule is COCc1cccc(OCc2c(-c3cc(Cl)ccc3OC)ccc3c2N(C)C(=O)C(C)(C)N3)c1. The van der Waals surface area contributed by atoms with Crippen LogP contribution in [0.1, 0.15) is 25.0 Å². The summed E-state index contributed by atoms with van der Waals surface area (Å²) in [6.07, 6.45) is 0. The minimum Gasteiger partial charge on any atom is -0.496 e. The van der Waals surface area contributed by atoms with Gasteiger partial charge >= 0.3 is 0 Å². The quantitative estimate of drug-likeness (QED) is 0.455. The van der Waals surface area contributed by atoms with Gasteiger partial charge in [-0.3, -0.25) is 4.79 Å². The van der Waals surface area contributed by atoms with E-state index >= 15 is 0 Å². The highest BCUT2D eigenvalue weighted by atomic mass is 35.5. The number of likely N-dealkylation sites (N-methyl/N-ethyl adjacent to an activating group) is 1. The van der Waals surface area contributed by atoms with E-state index in [1.165, 1.54) is 0 Å². The van der Waals surface area contributed by atoms with Crippen LogP contribution in [-0.2, 0) is 22.7 Å². The number of hydrogen-bond donors (Lipinski definition) is 1. The standard InChI is InChI=1S/C27H29ClN2O4/c1-27(2)26(31)30(3)25-22(16-34-19-8-6-7-17(13-19)15-32-4)20(10-11-23(25)29-27)21-14-18(28)9-12-24(21)33-5/h6-14,29H,15-16H2,1-5H3. The molecular weight excluding hydrogens is 452 g/mol. The molecule has 3 aromatic carbocycles. The number of carbonyl (C=O) groups excluding carboxylic acids is 1. The maximum Gasteiger partial charge on any atom is 0.251 e. The second-order valence-electron chi connectivity index (χ2n) is 8.82. The molecule has 0 spiro atoms. The first-order chi connectivity index (χ1) is 16.2. The predicted octanol–water partition coefficient (Wildman–Crippen LogP) is 5.91. The summed E-state index contributed by atoms with van der Waals surface area (Å²) in [6.45, 7) is 4.49. The van der Waals surface area contributed by atoms with Crippen LogP contribution in [0.25, 0.3) is 11.1 Å². The van der Waals surface area contributed by atoms with Crippen molar-refractivity contribution in [2.24, 2.45) is 0 Å². The van der Waals surface area contributed by atoms with Crippen molar-refractivity contribution in [1.82, 2.24) is 0 Å². The maximum atomic E-state index is 13.1. The monoisotopic (exact) mass is 480 g/mol. The summed E-state index contributed by atoms with van der Waals surface area (Å²) >= 11 is 6.35. The number of nitrogens with zero attached hydrogens (tertiary/aromatic N) is 1. The summed E-state index contributed by atoms with van der Waals surface area (Å²) in [5.41, 5.74) is 4.50. The van der Waals surface area contributed by atoms with E-state index in [1.807, 2.05) is 62.4 Å². The molecular formula is C27H29ClN2O4. The van der Waals surface area contributed by atoms with Crippen molar-refractivity contribution in [3.63, 3.8) is 0 Å². The second-order valence-corrected chi connectivity index (χ2v) is 9.25. The molecule has 3 aromatic rings. The van der Waals surface area contributed by atoms with Crippen molar-refractivity contribution in [2.45, 2.75) is 32.6 Å². The lowest BCUT2D eigenvalue weighted by Gasteiger charge is -2.39. The number of nitrogens with one attached hydrogen (secondary N) is 1. The molecule has 0 atom stereocenters. The molecule has 0 saturated heterocycles. The summed E-state index contributed by atoms with van der Waals surface area (Å²) in [5.74, 6) is 1.37. The molecule has 0 aromatic heterocycles. The van der Waals surface area contributed by atoms with Crippen molar-refractivity contribution in [1.29, 1.82) is 0 Å². The first kappa shape index (κ1) is 23.9. The number of hydrogen-bond acceptors (Lipinski definition) is 5. The average molecular weight is 481 g/mol. The Bertz CT molecular complexity index is 1230. The van der Waals surface area contributed by atoms with Gasteiger partial charge in [0, 0.05) is 30.3 Å². The predicted molar refractivity (Wildman–Crippen MR) is 136 cm³/mol. The summed E-state index contributed by atoms with van der Waals surface area (Å²) < 4.78 is 17.1. The van der Waals surface area contributed by atoms with E-state index in [9.17, 15) is 4.79 Å². The molecule has 1 N–H and O–H groups in total. The first-order valence-electron chi connectivity index (χ1n) is 11.0. The second kappa shape index (κ2) is 9.57. The van der Waals surface area contributed by atoms with Crippen molar-refractivity contribution in [3.05, 3.63) is 70.7 Å². The van der Waals surface area contributed by atoms with Crippen molar-refractivity contribution < 1.29 is 19.0 Å². The van der Waals surface area contributed by atoms with Gasteiger partial charge in [0.1, 0.15) is 23.6 Å². The van der Waals surface area contributed by atoms with Crippen LogP contribution in [-0.4, -0.2) is 32.7 Å². The van der Waals surface area contributed by atoms with E-state index in [0.717, 1.165) is 33.6 Å². The molecule has 0 unspecified atom stereocenters. The number of ether oxygens (including phenoxy) is 3. The van der Waals surface area contributed by atoms with Crippen molar-refractivity contribution in [2.75, 3.05) is 31.5 Å². The molecule has 1 heterocycles. The molecule has 0 fully saturated rings. The van der Waals surface area contributed by atoms with E-state index in [0.29, 0.717) is 23.1 Å². The number of fused-ring (bicyclic) bond motifs is 1. The van der Waals surface area contributed by atoms with Crippen LogP contribution < -0.4 is 19.7 Å². The third-order valence-electron chi connectivity index (χ3n) is 5.95. The van der Waals surface area contributed by atoms with Gasteiger partial charge in [-0.1, -0.05) is 29.8 Å². The van der Waals surface area contributed by atoms with E-state index in [4.69, 9.17) is 25.8 Å². The lowest BCUT2D eigenvalue weighted by atomic mass is 9.92. The van der Waals surface area contributed by atoms with Gasteiger partial charge in [-0.2, -0.15) is 0 Å². The molecule has 178 valence electrons. The fourth-order valence-electron chi connectivity index (χ4n) is 4.37. The minimum absolute atomic E-state index is 0.0291. The Morgan fingerprint density at radius 1 is 1.00 bits per heavy atom. The topological polar surface area (TPSA) is 60.0 Å². The minimum atomic E-state index is -0.719. The Kier molecular flexibility index (Phi) is 6.73. The molecule has 7 heteroatoms. The van der Waals surface area contributed by atoms with E-state index in [2.05, 4.69) is 5.32 Å². The first-order valence-corrected chi connectivity index (χ1v) is 11.4. The van der Waals surface area contributed by atoms with Crippen LogP contribution in [0.3, 0.4) is 0 Å². The van der Waals surface area contributed by atoms with Crippen LogP contribution in [0.5, 0.6) is 11.5 Å². The zero-order chi connectivity index (χ0) is 24.5. The Morgan fingerprint density at radius 3 is 2.53 bits per heavy atom. The number of halogens is 1. The smallest absolute Gasteiger partial charge is 0.251 e. The largest absolute Gasteiger partial charge is 0.496 e. The fourth-order valence-corrected chi connectivity index (χ4v) is 4.54. The van der Waals surface area contributed by atoms with Crippen LogP contribution in [0.15, 0.2) is 54.6 Å². The normalized spacial score (nSPS) is 14.4. The molecule has 1 amide bonds. The highest BCUT2D eigenvalue weighted by Crippen LogP contribution is 2.44. The summed E-state index contributed by atoms with van der Waals surface area (Å²) in [5, 5.41) is 3.97. The fraction of sp³-hybridized carbons (Fsp3) is 0.296. The molecule has 1 aliphatic rings. The highest BCUT2D eigenvalue weighted by molar-refractivity contribution is 6.31. The Hall–Kier alpha value is -3.22. The zero-order valence-electron chi connectivity index (χ0n) is 20.1. The van der Waals surface area contributed by atoms with Gasteiger partial charge in [-0.25, -0.2) is 0 Å². The molecule has 1 aliphatic heterocycles. The number of benzene rings is 3. The van der Waals surface area contributed by atoms with Crippen LogP contribution in [0.4, 0.5) is 11.4 Å². The number of carbonyl (C=O) groups is 1. The van der Waals surface area contributed by atoms with Crippen LogP contribution >= 0.6 is 11.6 Å². The average Bonchev–Trinajstić information content (AvgIpc) is 2.81. The van der Waals surface area contributed by atoms with Gasteiger partial charge < -0.3 is 24.4 Å². The summed E-state index contributed by atoms with van der Waals surface area (Å²) in [7, 11) is 5.09. The number of methoxy groups -OCH3 is 2. The van der Waals surface area contributed by atoms with Crippen LogP contribution in [0, 0.1) is 0 Å². The number of anilines is 2. The maximum absolute atomic E-state index is 13.1. The lowest BCUT2D eigenvalue weighted by molar-refractivity contribution is -0.121. The Labute approximate surface area is 205 Å². The highest BCUT2D eigenvalue weighted by Gasteiger charge is 2.38. The Morgan fingerprint density at radius 2 is 1.79 bits per heavy atom. The summed E-state index contributed by atoms with van der Waals surface area (Å²) in [4.78, 5) is 14.8. The zero-order valence-corrected chi connectivity index (χ0v) is 20.8. The molecule has 0 aliphatic carbocycles. The van der Waals surface area contributed by atoms with Crippen molar-refractivity contribution in [3.8, 4) is 22.6 Å². The molecule has 6 nitrogen and oxygen atoms in total. The van der Waals surface area contributed by atoms with E-state index < -0.39 is 5.54 Å². The van der Waals surface area contributed by atoms with Crippen LogP contribution in [0.2, 0.25) is 5.02 Å². The van der Waals surface area contributed by atoms with Gasteiger partial charge in [-0.15, -0.1) is 0 Å². The number of amides is 1. The van der Waals surface area contributed by atoms with Gasteiger partial charge in [0.2, 0.25) is 0 Å². The van der Waals surface area contributed by atoms with Gasteiger partial charge in [0.05, 0.1) is 25.1 Å². The molecule has 0 saturated carbocycles. The third kappa shape index (κ3) is 4.56. The molecule has 34 heavy (non-hydrogen) atoms. The molecule has 4 rings (SSSR count). The third-order valence-corrected chi connectivity index (χ3v) is 6.18. The van der Waals surface area contributed by atoms with Crippen molar-refractivity contribution >= 4 is 28.9 Å². The van der Waals surface area contributed by atoms with E-state index in [1.54, 1.807) is 32.2 Å². The number of rotatable bonds is 7. The van der Waals surface area contributed by atoms with Gasteiger partial charge in [0.25, 0.3) is 5.91 Å². The molecule has 0 radical (unpaired) electrons. The van der Waals surface area contributed by atoms with E-state index in [-0.39, 0.29) is 12.5 Å². The van der Waals surface area contributed by atoms with Gasteiger partial charge in [0.15, 0.2) is 0 Å². The van der Waals surface area contributed by atoms with Gasteiger partial charge in [-0.05, 0) is 61.4 Å². The summed E-state index contributed by atoms with van der Waals surface area (Å²) in [6, 6.07) is 17.3. The molecule has 0 bridgehead atoms. The Balaban J connectivity index is 1.84.